The maximum absolute atomic E-state index is 12.3. The lowest BCUT2D eigenvalue weighted by molar-refractivity contribution is -0.143. The minimum Gasteiger partial charge on any atom is -0.292 e. The van der Waals surface area contributed by atoms with Crippen LogP contribution in [0.25, 0.3) is 0 Å². The van der Waals surface area contributed by atoms with Crippen LogP contribution in [0.15, 0.2) is 24.3 Å². The summed E-state index contributed by atoms with van der Waals surface area (Å²) in [7, 11) is -2.06. The van der Waals surface area contributed by atoms with Gasteiger partial charge in [0.15, 0.2) is 5.78 Å². The molecule has 0 bridgehead atoms. The Morgan fingerprint density at radius 3 is 2.00 bits per heavy atom. The van der Waals surface area contributed by atoms with Crippen LogP contribution in [0.3, 0.4) is 0 Å². The lowest BCUT2D eigenvalue weighted by Crippen LogP contribution is -2.37. The van der Waals surface area contributed by atoms with E-state index in [0.717, 1.165) is 15.5 Å². The van der Waals surface area contributed by atoms with Crippen LogP contribution in [-0.2, 0) is 19.6 Å². The molecule has 9 nitrogen and oxygen atoms in total. The number of rotatable bonds is 6. The molecule has 25 heavy (non-hydrogen) atoms. The lowest BCUT2D eigenvalue weighted by Gasteiger charge is -2.17. The number of imide groups is 2. The van der Waals surface area contributed by atoms with Crippen LogP contribution in [0.1, 0.15) is 17.3 Å². The number of sulfonamides is 1. The molecule has 0 atom stereocenters. The van der Waals surface area contributed by atoms with Gasteiger partial charge in [-0.3, -0.25) is 23.6 Å². The number of Topliss-reactive ketones (excluding diaryl/α,β-unsaturated/α-hetero) is 1. The van der Waals surface area contributed by atoms with Crippen LogP contribution in [-0.4, -0.2) is 68.2 Å². The van der Waals surface area contributed by atoms with E-state index in [-0.39, 0.29) is 12.1 Å². The average Bonchev–Trinajstić information content (AvgIpc) is 2.76. The van der Waals surface area contributed by atoms with Crippen molar-refractivity contribution in [2.75, 3.05) is 30.7 Å². The zero-order valence-electron chi connectivity index (χ0n) is 13.9. The quantitative estimate of drug-likeness (QED) is 0.400. The summed E-state index contributed by atoms with van der Waals surface area (Å²) in [6, 6.07) is 4.84. The molecule has 0 N–H and O–H groups in total. The van der Waals surface area contributed by atoms with E-state index in [1.165, 1.54) is 31.3 Å². The molecule has 1 heterocycles. The third-order valence-electron chi connectivity index (χ3n) is 3.80. The lowest BCUT2D eigenvalue weighted by atomic mass is 10.1. The van der Waals surface area contributed by atoms with Gasteiger partial charge in [0, 0.05) is 19.2 Å². The molecule has 1 aliphatic heterocycles. The first-order valence-corrected chi connectivity index (χ1v) is 9.17. The fourth-order valence-corrected chi connectivity index (χ4v) is 2.76. The van der Waals surface area contributed by atoms with Gasteiger partial charge in [-0.25, -0.2) is 18.1 Å². The van der Waals surface area contributed by atoms with Gasteiger partial charge in [0.1, 0.15) is 0 Å². The van der Waals surface area contributed by atoms with E-state index >= 15 is 0 Å². The fourth-order valence-electron chi connectivity index (χ4n) is 2.25. The molecular weight excluding hydrogens is 350 g/mol. The van der Waals surface area contributed by atoms with E-state index in [0.29, 0.717) is 10.6 Å². The Bertz CT molecular complexity index is 847. The molecular formula is C15H17N3O6S. The van der Waals surface area contributed by atoms with Crippen molar-refractivity contribution in [2.24, 2.45) is 0 Å². The number of carbonyl (C=O) groups is 4. The minimum atomic E-state index is -3.43. The summed E-state index contributed by atoms with van der Waals surface area (Å²) in [5.41, 5.74) is 0.549. The van der Waals surface area contributed by atoms with Crippen molar-refractivity contribution in [2.45, 2.75) is 6.92 Å². The Morgan fingerprint density at radius 1 is 1.04 bits per heavy atom. The van der Waals surface area contributed by atoms with Crippen LogP contribution >= 0.6 is 0 Å². The summed E-state index contributed by atoms with van der Waals surface area (Å²) in [5.74, 6) is -2.53. The monoisotopic (exact) mass is 367 g/mol. The van der Waals surface area contributed by atoms with Gasteiger partial charge in [-0.05, 0) is 31.2 Å². The van der Waals surface area contributed by atoms with Gasteiger partial charge in [0.2, 0.25) is 10.0 Å². The van der Waals surface area contributed by atoms with E-state index in [1.54, 1.807) is 6.92 Å². The Morgan fingerprint density at radius 2 is 1.56 bits per heavy atom. The number of amides is 4. The maximum atomic E-state index is 12.3. The van der Waals surface area contributed by atoms with E-state index in [4.69, 9.17) is 0 Å². The number of likely N-dealkylation sites (N-methyl/N-ethyl adjacent to an activating group) is 1. The largest absolute Gasteiger partial charge is 0.334 e. The molecule has 1 aliphatic rings. The summed E-state index contributed by atoms with van der Waals surface area (Å²) in [5, 5.41) is 0. The topological polar surface area (TPSA) is 112 Å². The molecule has 0 unspecified atom stereocenters. The predicted octanol–water partition coefficient (Wildman–Crippen LogP) is 0.0758. The van der Waals surface area contributed by atoms with Crippen LogP contribution in [0.2, 0.25) is 0 Å². The van der Waals surface area contributed by atoms with Crippen molar-refractivity contribution in [3.8, 4) is 0 Å². The maximum Gasteiger partial charge on any atom is 0.334 e. The third-order valence-corrected chi connectivity index (χ3v) is 5.01. The van der Waals surface area contributed by atoms with Crippen LogP contribution in [0.4, 0.5) is 10.5 Å². The Labute approximate surface area is 144 Å². The normalized spacial score (nSPS) is 15.1. The van der Waals surface area contributed by atoms with Gasteiger partial charge < -0.3 is 0 Å². The van der Waals surface area contributed by atoms with E-state index in [2.05, 4.69) is 0 Å². The number of hydrogen-bond acceptors (Lipinski definition) is 6. The molecule has 2 rings (SSSR count). The SMILES string of the molecule is CCN1C(=O)C(=O)N(CC(=O)c2ccc(N(C)S(C)(=O)=O)cc2)C1=O. The number of carbonyl (C=O) groups excluding carboxylic acids is 4. The van der Waals surface area contributed by atoms with Crippen molar-refractivity contribution in [1.29, 1.82) is 0 Å². The molecule has 0 saturated carbocycles. The Kier molecular flexibility index (Phi) is 4.93. The highest BCUT2D eigenvalue weighted by atomic mass is 32.2. The van der Waals surface area contributed by atoms with Gasteiger partial charge in [0.05, 0.1) is 18.5 Å². The first-order valence-electron chi connectivity index (χ1n) is 7.32. The van der Waals surface area contributed by atoms with Gasteiger partial charge in [0.25, 0.3) is 0 Å². The summed E-state index contributed by atoms with van der Waals surface area (Å²) in [4.78, 5) is 49.0. The molecule has 4 amide bonds. The van der Waals surface area contributed by atoms with Gasteiger partial charge in [-0.2, -0.15) is 0 Å². The van der Waals surface area contributed by atoms with E-state index in [9.17, 15) is 27.6 Å². The molecule has 1 aromatic carbocycles. The van der Waals surface area contributed by atoms with Crippen LogP contribution in [0, 0.1) is 0 Å². The molecule has 0 spiro atoms. The van der Waals surface area contributed by atoms with Crippen molar-refractivity contribution in [1.82, 2.24) is 9.80 Å². The Hall–Kier alpha value is -2.75. The number of ketones is 1. The zero-order chi connectivity index (χ0) is 18.9. The van der Waals surface area contributed by atoms with Crippen LogP contribution < -0.4 is 4.31 Å². The van der Waals surface area contributed by atoms with Crippen molar-refractivity contribution in [3.05, 3.63) is 29.8 Å². The molecule has 0 aromatic heterocycles. The minimum absolute atomic E-state index is 0.0423. The van der Waals surface area contributed by atoms with Gasteiger partial charge in [-0.15, -0.1) is 0 Å². The molecule has 0 aliphatic carbocycles. The average molecular weight is 367 g/mol. The first-order chi connectivity index (χ1) is 11.6. The summed E-state index contributed by atoms with van der Waals surface area (Å²) < 4.78 is 24.0. The number of urea groups is 1. The highest BCUT2D eigenvalue weighted by Crippen LogP contribution is 2.18. The molecule has 134 valence electrons. The van der Waals surface area contributed by atoms with Gasteiger partial charge in [-0.1, -0.05) is 0 Å². The standard InChI is InChI=1S/C15H17N3O6S/c1-4-17-13(20)14(21)18(15(17)22)9-12(19)10-5-7-11(8-6-10)16(2)25(3,23)24/h5-8H,4,9H2,1-3H3. The number of anilines is 1. The highest BCUT2D eigenvalue weighted by molar-refractivity contribution is 7.92. The molecule has 1 fully saturated rings. The van der Waals surface area contributed by atoms with Crippen molar-refractivity contribution >= 4 is 39.3 Å². The Balaban J connectivity index is 2.16. The summed E-state index contributed by atoms with van der Waals surface area (Å²) >= 11 is 0. The molecule has 0 radical (unpaired) electrons. The smallest absolute Gasteiger partial charge is 0.292 e. The molecule has 1 aromatic rings. The van der Waals surface area contributed by atoms with E-state index in [1.807, 2.05) is 0 Å². The molecule has 1 saturated heterocycles. The second-order valence-electron chi connectivity index (χ2n) is 5.42. The fraction of sp³-hybridized carbons (Fsp3) is 0.333. The molecule has 10 heteroatoms. The first kappa shape index (κ1) is 18.6. The van der Waals surface area contributed by atoms with E-state index < -0.39 is 40.2 Å². The van der Waals surface area contributed by atoms with Crippen molar-refractivity contribution in [3.63, 3.8) is 0 Å². The predicted molar refractivity (Wildman–Crippen MR) is 88.5 cm³/mol. The van der Waals surface area contributed by atoms with Crippen molar-refractivity contribution < 1.29 is 27.6 Å². The zero-order valence-corrected chi connectivity index (χ0v) is 14.7. The third kappa shape index (κ3) is 3.53. The van der Waals surface area contributed by atoms with Crippen LogP contribution in [0.5, 0.6) is 0 Å². The highest BCUT2D eigenvalue weighted by Gasteiger charge is 2.44. The summed E-state index contributed by atoms with van der Waals surface area (Å²) in [6.07, 6.45) is 1.05. The van der Waals surface area contributed by atoms with Gasteiger partial charge >= 0.3 is 17.8 Å². The number of benzene rings is 1. The number of hydrogen-bond donors (Lipinski definition) is 0. The number of nitrogens with zero attached hydrogens (tertiary/aromatic N) is 3. The second-order valence-corrected chi connectivity index (χ2v) is 7.44. The summed E-state index contributed by atoms with van der Waals surface area (Å²) in [6.45, 7) is 1.03. The second kappa shape index (κ2) is 6.63.